The van der Waals surface area contributed by atoms with Gasteiger partial charge in [-0.3, -0.25) is 19.9 Å². The standard InChI is InChI=1S/C23H30N6OS/c1-5-17-6-8-18(9-7-17)29-21(24)20-16(4)26-27-22(20)25-23(29)31-13-19(30)28-11-14(2)10-15(3)12-28/h6-9,14-15,24H,5,10-13H2,1-4H3,(H,26,27)/t14-,15+. The number of likely N-dealkylation sites (tertiary alicyclic amines) is 1. The Kier molecular flexibility index (Phi) is 6.18. The van der Waals surface area contributed by atoms with Crippen molar-refractivity contribution in [1.29, 1.82) is 5.41 Å². The summed E-state index contributed by atoms with van der Waals surface area (Å²) in [6, 6.07) is 8.17. The van der Waals surface area contributed by atoms with Crippen LogP contribution in [0.25, 0.3) is 16.7 Å². The maximum Gasteiger partial charge on any atom is 0.233 e. The summed E-state index contributed by atoms with van der Waals surface area (Å²) in [4.78, 5) is 19.6. The van der Waals surface area contributed by atoms with Crippen LogP contribution in [0.15, 0.2) is 29.4 Å². The Morgan fingerprint density at radius 1 is 1.23 bits per heavy atom. The minimum atomic E-state index is 0.128. The summed E-state index contributed by atoms with van der Waals surface area (Å²) >= 11 is 1.38. The zero-order chi connectivity index (χ0) is 22.1. The average Bonchev–Trinajstić information content (AvgIpc) is 3.12. The molecule has 1 aromatic carbocycles. The van der Waals surface area contributed by atoms with Crippen LogP contribution in [0, 0.1) is 24.2 Å². The fourth-order valence-electron chi connectivity index (χ4n) is 4.43. The number of nitrogens with one attached hydrogen (secondary N) is 2. The number of nitrogens with zero attached hydrogens (tertiary/aromatic N) is 4. The molecule has 4 rings (SSSR count). The van der Waals surface area contributed by atoms with Crippen LogP contribution in [-0.2, 0) is 11.2 Å². The van der Waals surface area contributed by atoms with Crippen molar-refractivity contribution in [3.05, 3.63) is 41.0 Å². The molecule has 1 aliphatic heterocycles. The highest BCUT2D eigenvalue weighted by molar-refractivity contribution is 7.99. The highest BCUT2D eigenvalue weighted by atomic mass is 32.2. The second kappa shape index (κ2) is 8.86. The van der Waals surface area contributed by atoms with Gasteiger partial charge in [0.1, 0.15) is 5.49 Å². The quantitative estimate of drug-likeness (QED) is 0.469. The molecule has 3 heterocycles. The van der Waals surface area contributed by atoms with E-state index in [0.717, 1.165) is 30.9 Å². The molecule has 0 bridgehead atoms. The third kappa shape index (κ3) is 4.39. The average molecular weight is 439 g/mol. The van der Waals surface area contributed by atoms with E-state index in [1.807, 2.05) is 28.5 Å². The van der Waals surface area contributed by atoms with E-state index < -0.39 is 0 Å². The normalized spacial score (nSPS) is 19.2. The molecule has 1 amide bonds. The fraction of sp³-hybridized carbons (Fsp3) is 0.478. The van der Waals surface area contributed by atoms with Gasteiger partial charge in [0.05, 0.1) is 11.1 Å². The highest BCUT2D eigenvalue weighted by Crippen LogP contribution is 2.25. The van der Waals surface area contributed by atoms with Gasteiger partial charge >= 0.3 is 0 Å². The largest absolute Gasteiger partial charge is 0.341 e. The van der Waals surface area contributed by atoms with Crippen molar-refractivity contribution in [3.8, 4) is 5.69 Å². The lowest BCUT2D eigenvalue weighted by molar-refractivity contribution is -0.130. The monoisotopic (exact) mass is 438 g/mol. The first kappa shape index (κ1) is 21.6. The molecule has 7 nitrogen and oxygen atoms in total. The van der Waals surface area contributed by atoms with Gasteiger partial charge in [0.15, 0.2) is 10.8 Å². The van der Waals surface area contributed by atoms with E-state index >= 15 is 0 Å². The first-order chi connectivity index (χ1) is 14.9. The number of thioether (sulfide) groups is 1. The number of fused-ring (bicyclic) bond motifs is 1. The Labute approximate surface area is 186 Å². The minimum absolute atomic E-state index is 0.128. The van der Waals surface area contributed by atoms with Gasteiger partial charge < -0.3 is 4.90 Å². The molecule has 1 aliphatic rings. The number of benzene rings is 1. The number of carbonyl (C=O) groups is 1. The molecular formula is C23H30N6OS. The summed E-state index contributed by atoms with van der Waals surface area (Å²) in [5.74, 6) is 1.48. The molecule has 3 aromatic rings. The predicted octanol–water partition coefficient (Wildman–Crippen LogP) is 3.70. The van der Waals surface area contributed by atoms with Gasteiger partial charge in [0.25, 0.3) is 0 Å². The van der Waals surface area contributed by atoms with Crippen molar-refractivity contribution in [3.63, 3.8) is 0 Å². The Bertz CT molecular complexity index is 1140. The van der Waals surface area contributed by atoms with E-state index in [0.29, 0.717) is 39.3 Å². The minimum Gasteiger partial charge on any atom is -0.341 e. The zero-order valence-electron chi connectivity index (χ0n) is 18.6. The number of H-pyrrole nitrogens is 1. The number of rotatable bonds is 5. The molecule has 0 unspecified atom stereocenters. The third-order valence-corrected chi connectivity index (χ3v) is 6.85. The van der Waals surface area contributed by atoms with Gasteiger partial charge in [0, 0.05) is 24.5 Å². The summed E-state index contributed by atoms with van der Waals surface area (Å²) in [5, 5.41) is 17.4. The van der Waals surface area contributed by atoms with Crippen molar-refractivity contribution in [2.75, 3.05) is 18.8 Å². The number of carbonyl (C=O) groups excluding carboxylic acids is 1. The number of aromatic nitrogens is 4. The van der Waals surface area contributed by atoms with Crippen LogP contribution in [0.5, 0.6) is 0 Å². The third-order valence-electron chi connectivity index (χ3n) is 5.93. The summed E-state index contributed by atoms with van der Waals surface area (Å²) in [6.45, 7) is 10.1. The van der Waals surface area contributed by atoms with Crippen LogP contribution >= 0.6 is 11.8 Å². The number of aryl methyl sites for hydroxylation is 2. The van der Waals surface area contributed by atoms with E-state index in [9.17, 15) is 4.79 Å². The molecular weight excluding hydrogens is 408 g/mol. The van der Waals surface area contributed by atoms with Crippen LogP contribution in [0.2, 0.25) is 0 Å². The van der Waals surface area contributed by atoms with Crippen molar-refractivity contribution >= 4 is 28.7 Å². The zero-order valence-corrected chi connectivity index (χ0v) is 19.4. The smallest absolute Gasteiger partial charge is 0.233 e. The molecule has 1 fully saturated rings. The Balaban J connectivity index is 1.67. The van der Waals surface area contributed by atoms with Crippen molar-refractivity contribution in [2.45, 2.75) is 45.7 Å². The fourth-order valence-corrected chi connectivity index (χ4v) is 5.34. The second-order valence-corrected chi connectivity index (χ2v) is 9.62. The van der Waals surface area contributed by atoms with Crippen LogP contribution in [-0.4, -0.2) is 49.4 Å². The summed E-state index contributed by atoms with van der Waals surface area (Å²) in [5.41, 5.74) is 3.76. The van der Waals surface area contributed by atoms with Gasteiger partial charge in [-0.25, -0.2) is 4.98 Å². The van der Waals surface area contributed by atoms with E-state index in [2.05, 4.69) is 43.1 Å². The van der Waals surface area contributed by atoms with Gasteiger partial charge in [-0.05, 0) is 49.3 Å². The van der Waals surface area contributed by atoms with Gasteiger partial charge in [0.2, 0.25) is 5.91 Å². The highest BCUT2D eigenvalue weighted by Gasteiger charge is 2.26. The Morgan fingerprint density at radius 3 is 2.55 bits per heavy atom. The van der Waals surface area contributed by atoms with Gasteiger partial charge in [-0.2, -0.15) is 5.10 Å². The number of hydrogen-bond donors (Lipinski definition) is 2. The first-order valence-corrected chi connectivity index (χ1v) is 11.9. The van der Waals surface area contributed by atoms with Crippen LogP contribution in [0.1, 0.15) is 38.4 Å². The maximum atomic E-state index is 12.9. The lowest BCUT2D eigenvalue weighted by atomic mass is 9.92. The van der Waals surface area contributed by atoms with Crippen molar-refractivity contribution in [2.24, 2.45) is 11.8 Å². The van der Waals surface area contributed by atoms with E-state index in [1.54, 1.807) is 0 Å². The van der Waals surface area contributed by atoms with Crippen LogP contribution in [0.4, 0.5) is 0 Å². The summed E-state index contributed by atoms with van der Waals surface area (Å²) in [6.07, 6.45) is 2.13. The molecule has 0 spiro atoms. The lowest BCUT2D eigenvalue weighted by Crippen LogP contribution is -2.43. The second-order valence-electron chi connectivity index (χ2n) is 8.68. The predicted molar refractivity (Wildman–Crippen MR) is 123 cm³/mol. The van der Waals surface area contributed by atoms with E-state index in [1.165, 1.54) is 23.7 Å². The van der Waals surface area contributed by atoms with Gasteiger partial charge in [-0.15, -0.1) is 0 Å². The SMILES string of the molecule is CCc1ccc(-n2c(SCC(=O)N3C[C@H](C)C[C@H](C)C3)nc3n[nH]c(C)c3c2=N)cc1. The molecule has 0 saturated carbocycles. The number of amides is 1. The molecule has 8 heteroatoms. The number of hydrogen-bond acceptors (Lipinski definition) is 5. The van der Waals surface area contributed by atoms with E-state index in [4.69, 9.17) is 10.4 Å². The summed E-state index contributed by atoms with van der Waals surface area (Å²) in [7, 11) is 0. The van der Waals surface area contributed by atoms with Crippen molar-refractivity contribution in [1.82, 2.24) is 24.6 Å². The maximum absolute atomic E-state index is 12.9. The van der Waals surface area contributed by atoms with Crippen molar-refractivity contribution < 1.29 is 4.79 Å². The number of aromatic amines is 1. The molecule has 31 heavy (non-hydrogen) atoms. The molecule has 164 valence electrons. The Morgan fingerprint density at radius 2 is 1.90 bits per heavy atom. The topological polar surface area (TPSA) is 90.7 Å². The summed E-state index contributed by atoms with van der Waals surface area (Å²) < 4.78 is 1.82. The molecule has 2 atom stereocenters. The first-order valence-electron chi connectivity index (χ1n) is 10.9. The molecule has 1 saturated heterocycles. The number of piperidine rings is 1. The lowest BCUT2D eigenvalue weighted by Gasteiger charge is -2.35. The van der Waals surface area contributed by atoms with Crippen LogP contribution < -0.4 is 5.49 Å². The Hall–Kier alpha value is -2.61. The molecule has 0 radical (unpaired) electrons. The molecule has 2 aromatic heterocycles. The molecule has 2 N–H and O–H groups in total. The van der Waals surface area contributed by atoms with Gasteiger partial charge in [-0.1, -0.05) is 44.7 Å². The van der Waals surface area contributed by atoms with E-state index in [-0.39, 0.29) is 5.91 Å². The van der Waals surface area contributed by atoms with Crippen LogP contribution in [0.3, 0.4) is 0 Å². The molecule has 0 aliphatic carbocycles.